The van der Waals surface area contributed by atoms with Crippen molar-refractivity contribution in [2.75, 3.05) is 10.6 Å². The predicted molar refractivity (Wildman–Crippen MR) is 90.7 cm³/mol. The Bertz CT molecular complexity index is 602. The number of rotatable bonds is 7. The second-order valence-corrected chi connectivity index (χ2v) is 7.57. The third-order valence-corrected chi connectivity index (χ3v) is 4.84. The minimum absolute atomic E-state index is 0.00632. The SMILES string of the molecule is CC[C@H](C(=O)N[C@@H](C)CC)N(c1ccc(Cl)cc1)S(C)(=O)=O. The van der Waals surface area contributed by atoms with Gasteiger partial charge in [-0.25, -0.2) is 8.42 Å². The number of carbonyl (C=O) groups excluding carboxylic acids is 1. The fourth-order valence-corrected chi connectivity index (χ4v) is 3.43. The summed E-state index contributed by atoms with van der Waals surface area (Å²) in [7, 11) is -3.60. The highest BCUT2D eigenvalue weighted by Crippen LogP contribution is 2.24. The van der Waals surface area contributed by atoms with Crippen molar-refractivity contribution in [3.63, 3.8) is 0 Å². The van der Waals surface area contributed by atoms with Crippen LogP contribution in [0.3, 0.4) is 0 Å². The Hall–Kier alpha value is -1.27. The number of amides is 1. The van der Waals surface area contributed by atoms with E-state index in [4.69, 9.17) is 11.6 Å². The van der Waals surface area contributed by atoms with E-state index in [1.807, 2.05) is 13.8 Å². The lowest BCUT2D eigenvalue weighted by Crippen LogP contribution is -2.51. The van der Waals surface area contributed by atoms with Crippen molar-refractivity contribution in [2.45, 2.75) is 45.7 Å². The molecule has 1 N–H and O–H groups in total. The van der Waals surface area contributed by atoms with Gasteiger partial charge in [-0.2, -0.15) is 0 Å². The zero-order chi connectivity index (χ0) is 16.9. The summed E-state index contributed by atoms with van der Waals surface area (Å²) in [4.78, 5) is 12.4. The van der Waals surface area contributed by atoms with E-state index >= 15 is 0 Å². The Morgan fingerprint density at radius 2 is 1.77 bits per heavy atom. The first kappa shape index (κ1) is 18.8. The molecule has 1 rings (SSSR count). The van der Waals surface area contributed by atoms with Crippen LogP contribution >= 0.6 is 11.6 Å². The average Bonchev–Trinajstić information content (AvgIpc) is 2.44. The number of nitrogens with one attached hydrogen (secondary N) is 1. The molecule has 0 fully saturated rings. The van der Waals surface area contributed by atoms with Crippen LogP contribution in [0.25, 0.3) is 0 Å². The fraction of sp³-hybridized carbons (Fsp3) is 0.533. The lowest BCUT2D eigenvalue weighted by molar-refractivity contribution is -0.122. The standard InChI is InChI=1S/C15H23ClN2O3S/c1-5-11(3)17-15(19)14(6-2)18(22(4,20)21)13-9-7-12(16)8-10-13/h7-11,14H,5-6H2,1-4H3,(H,17,19)/t11-,14+/m0/s1. The van der Waals surface area contributed by atoms with Gasteiger partial charge in [-0.15, -0.1) is 0 Å². The molecule has 124 valence electrons. The van der Waals surface area contributed by atoms with E-state index in [1.54, 1.807) is 31.2 Å². The zero-order valence-corrected chi connectivity index (χ0v) is 14.9. The Labute approximate surface area is 137 Å². The molecule has 0 aliphatic rings. The molecule has 0 saturated carbocycles. The molecule has 1 aromatic rings. The molecule has 0 aromatic heterocycles. The van der Waals surface area contributed by atoms with Crippen LogP contribution in [0, 0.1) is 0 Å². The van der Waals surface area contributed by atoms with Gasteiger partial charge < -0.3 is 5.32 Å². The third kappa shape index (κ3) is 4.88. The number of benzene rings is 1. The van der Waals surface area contributed by atoms with Gasteiger partial charge in [0.15, 0.2) is 0 Å². The van der Waals surface area contributed by atoms with Crippen molar-refractivity contribution < 1.29 is 13.2 Å². The molecule has 0 bridgehead atoms. The normalized spacial score (nSPS) is 14.2. The molecule has 0 aliphatic carbocycles. The Morgan fingerprint density at radius 1 is 1.23 bits per heavy atom. The number of sulfonamides is 1. The van der Waals surface area contributed by atoms with Crippen LogP contribution in [0.1, 0.15) is 33.6 Å². The number of halogens is 1. The largest absolute Gasteiger partial charge is 0.352 e. The number of nitrogens with zero attached hydrogens (tertiary/aromatic N) is 1. The number of hydrogen-bond donors (Lipinski definition) is 1. The van der Waals surface area contributed by atoms with Gasteiger partial charge in [0.05, 0.1) is 11.9 Å². The Kier molecular flexibility index (Phi) is 6.68. The van der Waals surface area contributed by atoms with Crippen LogP contribution < -0.4 is 9.62 Å². The smallest absolute Gasteiger partial charge is 0.244 e. The first-order valence-corrected chi connectivity index (χ1v) is 9.48. The van der Waals surface area contributed by atoms with Crippen LogP contribution in [-0.4, -0.2) is 32.7 Å². The van der Waals surface area contributed by atoms with E-state index in [1.165, 1.54) is 0 Å². The fourth-order valence-electron chi connectivity index (χ4n) is 2.09. The molecule has 2 atom stereocenters. The molecule has 0 radical (unpaired) electrons. The van der Waals surface area contributed by atoms with Crippen LogP contribution in [-0.2, 0) is 14.8 Å². The van der Waals surface area contributed by atoms with E-state index in [-0.39, 0.29) is 11.9 Å². The quantitative estimate of drug-likeness (QED) is 0.825. The van der Waals surface area contributed by atoms with Gasteiger partial charge in [-0.3, -0.25) is 9.10 Å². The van der Waals surface area contributed by atoms with E-state index in [0.717, 1.165) is 17.0 Å². The maximum atomic E-state index is 12.4. The summed E-state index contributed by atoms with van der Waals surface area (Å²) in [6, 6.07) is 5.62. The zero-order valence-electron chi connectivity index (χ0n) is 13.3. The number of hydrogen-bond acceptors (Lipinski definition) is 3. The molecule has 0 heterocycles. The molecule has 0 spiro atoms. The van der Waals surface area contributed by atoms with Gasteiger partial charge in [0, 0.05) is 11.1 Å². The summed E-state index contributed by atoms with van der Waals surface area (Å²) in [5, 5.41) is 3.35. The highest BCUT2D eigenvalue weighted by atomic mass is 35.5. The van der Waals surface area contributed by atoms with Gasteiger partial charge in [0.25, 0.3) is 0 Å². The van der Waals surface area contributed by atoms with Crippen molar-refractivity contribution in [1.82, 2.24) is 5.32 Å². The molecule has 0 aliphatic heterocycles. The van der Waals surface area contributed by atoms with E-state index in [0.29, 0.717) is 17.1 Å². The molecule has 1 amide bonds. The lowest BCUT2D eigenvalue weighted by atomic mass is 10.1. The van der Waals surface area contributed by atoms with Gasteiger partial charge in [0.2, 0.25) is 15.9 Å². The summed E-state index contributed by atoms with van der Waals surface area (Å²) in [6.07, 6.45) is 2.25. The van der Waals surface area contributed by atoms with Gasteiger partial charge in [-0.05, 0) is 44.0 Å². The predicted octanol–water partition coefficient (Wildman–Crippen LogP) is 2.80. The maximum Gasteiger partial charge on any atom is 0.244 e. The maximum absolute atomic E-state index is 12.4. The highest BCUT2D eigenvalue weighted by molar-refractivity contribution is 7.92. The Morgan fingerprint density at radius 3 is 2.18 bits per heavy atom. The summed E-state index contributed by atoms with van der Waals surface area (Å²) in [5.41, 5.74) is 0.429. The number of anilines is 1. The van der Waals surface area contributed by atoms with E-state index in [9.17, 15) is 13.2 Å². The van der Waals surface area contributed by atoms with Crippen LogP contribution in [0.4, 0.5) is 5.69 Å². The second kappa shape index (κ2) is 7.83. The monoisotopic (exact) mass is 346 g/mol. The molecule has 5 nitrogen and oxygen atoms in total. The van der Waals surface area contributed by atoms with Crippen molar-refractivity contribution in [3.05, 3.63) is 29.3 Å². The molecule has 22 heavy (non-hydrogen) atoms. The summed E-state index contributed by atoms with van der Waals surface area (Å²) in [6.45, 7) is 5.63. The first-order chi connectivity index (χ1) is 10.2. The van der Waals surface area contributed by atoms with E-state index < -0.39 is 16.1 Å². The molecule has 1 aromatic carbocycles. The van der Waals surface area contributed by atoms with Crippen molar-refractivity contribution in [2.24, 2.45) is 0 Å². The average molecular weight is 347 g/mol. The molecular weight excluding hydrogens is 324 g/mol. The summed E-state index contributed by atoms with van der Waals surface area (Å²) < 4.78 is 25.5. The van der Waals surface area contributed by atoms with Crippen molar-refractivity contribution in [3.8, 4) is 0 Å². The molecular formula is C15H23ClN2O3S. The molecule has 0 saturated heterocycles. The Balaban J connectivity index is 3.19. The number of carbonyl (C=O) groups is 1. The lowest BCUT2D eigenvalue weighted by Gasteiger charge is -2.31. The van der Waals surface area contributed by atoms with Gasteiger partial charge in [-0.1, -0.05) is 25.4 Å². The van der Waals surface area contributed by atoms with Crippen molar-refractivity contribution >= 4 is 33.2 Å². The summed E-state index contributed by atoms with van der Waals surface area (Å²) in [5.74, 6) is -0.294. The third-order valence-electron chi connectivity index (χ3n) is 3.41. The second-order valence-electron chi connectivity index (χ2n) is 5.28. The van der Waals surface area contributed by atoms with Crippen LogP contribution in [0.2, 0.25) is 5.02 Å². The topological polar surface area (TPSA) is 66.5 Å². The van der Waals surface area contributed by atoms with Crippen LogP contribution in [0.15, 0.2) is 24.3 Å². The van der Waals surface area contributed by atoms with Crippen LogP contribution in [0.5, 0.6) is 0 Å². The molecule has 0 unspecified atom stereocenters. The van der Waals surface area contributed by atoms with Crippen molar-refractivity contribution in [1.29, 1.82) is 0 Å². The minimum atomic E-state index is -3.60. The summed E-state index contributed by atoms with van der Waals surface area (Å²) >= 11 is 5.85. The molecule has 7 heteroatoms. The first-order valence-electron chi connectivity index (χ1n) is 7.26. The van der Waals surface area contributed by atoms with Gasteiger partial charge in [0.1, 0.15) is 6.04 Å². The van der Waals surface area contributed by atoms with Gasteiger partial charge >= 0.3 is 0 Å². The highest BCUT2D eigenvalue weighted by Gasteiger charge is 2.31. The van der Waals surface area contributed by atoms with E-state index in [2.05, 4.69) is 5.32 Å². The minimum Gasteiger partial charge on any atom is -0.352 e.